The van der Waals surface area contributed by atoms with Crippen LogP contribution in [0.1, 0.15) is 22.8 Å². The third-order valence-electron chi connectivity index (χ3n) is 1.74. The van der Waals surface area contributed by atoms with Crippen LogP contribution in [0.4, 0.5) is 0 Å². The van der Waals surface area contributed by atoms with Crippen molar-refractivity contribution in [3.8, 4) is 0 Å². The highest BCUT2D eigenvalue weighted by Crippen LogP contribution is 2.21. The van der Waals surface area contributed by atoms with Crippen LogP contribution in [0.25, 0.3) is 0 Å². The van der Waals surface area contributed by atoms with Gasteiger partial charge in [-0.25, -0.2) is 0 Å². The molecule has 0 aliphatic rings. The topological polar surface area (TPSA) is 17.1 Å². The number of carbonyl (C=O) groups excluding carboxylic acids is 1. The number of thioether (sulfide) groups is 1. The third-order valence-corrected chi connectivity index (χ3v) is 2.51. The summed E-state index contributed by atoms with van der Waals surface area (Å²) in [7, 11) is 0. The van der Waals surface area contributed by atoms with Gasteiger partial charge in [0.05, 0.1) is 0 Å². The van der Waals surface area contributed by atoms with Crippen molar-refractivity contribution < 1.29 is 4.79 Å². The lowest BCUT2D eigenvalue weighted by Crippen LogP contribution is -1.94. The quantitative estimate of drug-likeness (QED) is 0.514. The first-order chi connectivity index (χ1) is 5.65. The summed E-state index contributed by atoms with van der Waals surface area (Å²) in [5, 5.41) is 0. The smallest absolute Gasteiger partial charge is 0.160 e. The molecule has 0 spiro atoms. The first-order valence-electron chi connectivity index (χ1n) is 3.80. The largest absolute Gasteiger partial charge is 0.294 e. The van der Waals surface area contributed by atoms with Gasteiger partial charge in [0, 0.05) is 10.5 Å². The number of hydrogen-bond acceptors (Lipinski definition) is 2. The standard InChI is InChI=1S/C10H12OS/c1-7-4-5-9(8(2)11)10(6-7)12-3/h4-6H,1-3H3. The van der Waals surface area contributed by atoms with Gasteiger partial charge < -0.3 is 0 Å². The fraction of sp³-hybridized carbons (Fsp3) is 0.300. The molecule has 0 unspecified atom stereocenters. The molecule has 0 saturated heterocycles. The number of hydrogen-bond donors (Lipinski definition) is 0. The van der Waals surface area contributed by atoms with Crippen molar-refractivity contribution in [3.05, 3.63) is 29.3 Å². The molecule has 0 saturated carbocycles. The number of aryl methyl sites for hydroxylation is 1. The molecule has 0 aliphatic carbocycles. The van der Waals surface area contributed by atoms with Crippen molar-refractivity contribution in [2.75, 3.05) is 6.26 Å². The number of benzene rings is 1. The van der Waals surface area contributed by atoms with Crippen molar-refractivity contribution in [3.63, 3.8) is 0 Å². The highest BCUT2D eigenvalue weighted by Gasteiger charge is 2.05. The van der Waals surface area contributed by atoms with E-state index >= 15 is 0 Å². The van der Waals surface area contributed by atoms with Gasteiger partial charge in [-0.05, 0) is 31.7 Å². The molecule has 0 radical (unpaired) electrons. The molecular formula is C10H12OS. The van der Waals surface area contributed by atoms with Crippen LogP contribution in [-0.4, -0.2) is 12.0 Å². The van der Waals surface area contributed by atoms with Gasteiger partial charge in [-0.1, -0.05) is 12.1 Å². The fourth-order valence-electron chi connectivity index (χ4n) is 1.09. The lowest BCUT2D eigenvalue weighted by Gasteiger charge is -2.04. The molecule has 0 amide bonds. The van der Waals surface area contributed by atoms with E-state index in [-0.39, 0.29) is 5.78 Å². The Morgan fingerprint density at radius 1 is 1.42 bits per heavy atom. The molecule has 12 heavy (non-hydrogen) atoms. The Balaban J connectivity index is 3.20. The number of ketones is 1. The summed E-state index contributed by atoms with van der Waals surface area (Å²) in [5.41, 5.74) is 2.03. The highest BCUT2D eigenvalue weighted by atomic mass is 32.2. The molecule has 1 aromatic rings. The lowest BCUT2D eigenvalue weighted by atomic mass is 10.1. The Hall–Kier alpha value is -0.760. The predicted molar refractivity (Wildman–Crippen MR) is 53.0 cm³/mol. The number of rotatable bonds is 2. The molecule has 0 aromatic heterocycles. The zero-order chi connectivity index (χ0) is 9.14. The molecule has 1 nitrogen and oxygen atoms in total. The molecule has 0 aliphatic heterocycles. The number of carbonyl (C=O) groups is 1. The van der Waals surface area contributed by atoms with Crippen LogP contribution >= 0.6 is 11.8 Å². The zero-order valence-electron chi connectivity index (χ0n) is 7.55. The first kappa shape index (κ1) is 9.33. The lowest BCUT2D eigenvalue weighted by molar-refractivity contribution is 0.101. The van der Waals surface area contributed by atoms with E-state index in [4.69, 9.17) is 0 Å². The van der Waals surface area contributed by atoms with Gasteiger partial charge >= 0.3 is 0 Å². The second kappa shape index (κ2) is 3.76. The minimum Gasteiger partial charge on any atom is -0.294 e. The van der Waals surface area contributed by atoms with E-state index in [1.54, 1.807) is 18.7 Å². The van der Waals surface area contributed by atoms with Crippen molar-refractivity contribution >= 4 is 17.5 Å². The predicted octanol–water partition coefficient (Wildman–Crippen LogP) is 2.92. The summed E-state index contributed by atoms with van der Waals surface area (Å²) in [4.78, 5) is 12.2. The van der Waals surface area contributed by atoms with Gasteiger partial charge in [0.15, 0.2) is 5.78 Å². The summed E-state index contributed by atoms with van der Waals surface area (Å²) in [6, 6.07) is 5.90. The SMILES string of the molecule is CSc1cc(C)ccc1C(C)=O. The third kappa shape index (κ3) is 1.89. The summed E-state index contributed by atoms with van der Waals surface area (Å²) in [5.74, 6) is 0.138. The molecule has 1 rings (SSSR count). The van der Waals surface area contributed by atoms with Crippen LogP contribution < -0.4 is 0 Å². The van der Waals surface area contributed by atoms with Crippen LogP contribution in [0.3, 0.4) is 0 Å². The number of Topliss-reactive ketones (excluding diaryl/α,β-unsaturated/α-hetero) is 1. The molecule has 0 fully saturated rings. The van der Waals surface area contributed by atoms with Crippen LogP contribution in [0.5, 0.6) is 0 Å². The molecule has 0 heterocycles. The Labute approximate surface area is 77.2 Å². The summed E-state index contributed by atoms with van der Waals surface area (Å²) in [6.07, 6.45) is 1.99. The van der Waals surface area contributed by atoms with Crippen LogP contribution in [0, 0.1) is 6.92 Å². The maximum atomic E-state index is 11.1. The van der Waals surface area contributed by atoms with E-state index in [1.165, 1.54) is 5.56 Å². The fourth-order valence-corrected chi connectivity index (χ4v) is 1.82. The minimum atomic E-state index is 0.138. The van der Waals surface area contributed by atoms with E-state index in [9.17, 15) is 4.79 Å². The van der Waals surface area contributed by atoms with E-state index in [1.807, 2.05) is 31.4 Å². The van der Waals surface area contributed by atoms with Crippen LogP contribution in [-0.2, 0) is 0 Å². The van der Waals surface area contributed by atoms with Crippen molar-refractivity contribution in [1.29, 1.82) is 0 Å². The monoisotopic (exact) mass is 180 g/mol. The average Bonchev–Trinajstić information content (AvgIpc) is 2.03. The first-order valence-corrected chi connectivity index (χ1v) is 5.03. The van der Waals surface area contributed by atoms with Gasteiger partial charge in [0.25, 0.3) is 0 Å². The average molecular weight is 180 g/mol. The second-order valence-electron chi connectivity index (χ2n) is 2.76. The summed E-state index contributed by atoms with van der Waals surface area (Å²) in [6.45, 7) is 3.63. The molecule has 2 heteroatoms. The highest BCUT2D eigenvalue weighted by molar-refractivity contribution is 7.98. The molecule has 0 atom stereocenters. The Kier molecular flexibility index (Phi) is 2.93. The van der Waals surface area contributed by atoms with E-state index < -0.39 is 0 Å². The van der Waals surface area contributed by atoms with Gasteiger partial charge in [-0.3, -0.25) is 4.79 Å². The van der Waals surface area contributed by atoms with Crippen molar-refractivity contribution in [2.24, 2.45) is 0 Å². The van der Waals surface area contributed by atoms with E-state index in [2.05, 4.69) is 0 Å². The molecule has 1 aromatic carbocycles. The van der Waals surface area contributed by atoms with Crippen LogP contribution in [0.15, 0.2) is 23.1 Å². The maximum Gasteiger partial charge on any atom is 0.160 e. The normalized spacial score (nSPS) is 9.92. The molecule has 0 N–H and O–H groups in total. The summed E-state index contributed by atoms with van der Waals surface area (Å²) < 4.78 is 0. The Bertz CT molecular complexity index is 305. The summed E-state index contributed by atoms with van der Waals surface area (Å²) >= 11 is 1.62. The van der Waals surface area contributed by atoms with Gasteiger partial charge in [0.1, 0.15) is 0 Å². The van der Waals surface area contributed by atoms with Gasteiger partial charge in [0.2, 0.25) is 0 Å². The van der Waals surface area contributed by atoms with Crippen molar-refractivity contribution in [2.45, 2.75) is 18.7 Å². The van der Waals surface area contributed by atoms with E-state index in [0.717, 1.165) is 10.5 Å². The van der Waals surface area contributed by atoms with E-state index in [0.29, 0.717) is 0 Å². The van der Waals surface area contributed by atoms with Crippen molar-refractivity contribution in [1.82, 2.24) is 0 Å². The Morgan fingerprint density at radius 3 is 2.58 bits per heavy atom. The van der Waals surface area contributed by atoms with Gasteiger partial charge in [-0.2, -0.15) is 0 Å². The van der Waals surface area contributed by atoms with Crippen LogP contribution in [0.2, 0.25) is 0 Å². The zero-order valence-corrected chi connectivity index (χ0v) is 8.37. The molecule has 0 bridgehead atoms. The Morgan fingerprint density at radius 2 is 2.08 bits per heavy atom. The second-order valence-corrected chi connectivity index (χ2v) is 3.61. The maximum absolute atomic E-state index is 11.1. The van der Waals surface area contributed by atoms with Gasteiger partial charge in [-0.15, -0.1) is 11.8 Å². The minimum absolute atomic E-state index is 0.138. The molecule has 64 valence electrons. The molecular weight excluding hydrogens is 168 g/mol.